The lowest BCUT2D eigenvalue weighted by Crippen LogP contribution is -2.12. The molecule has 0 fully saturated rings. The third-order valence-electron chi connectivity index (χ3n) is 1.88. The van der Waals surface area contributed by atoms with Crippen molar-refractivity contribution in [3.63, 3.8) is 0 Å². The van der Waals surface area contributed by atoms with Crippen molar-refractivity contribution in [3.05, 3.63) is 41.7 Å². The molecule has 1 aromatic carbocycles. The van der Waals surface area contributed by atoms with Crippen LogP contribution in [0.25, 0.3) is 0 Å². The van der Waals surface area contributed by atoms with Gasteiger partial charge in [0.25, 0.3) is 10.0 Å². The van der Waals surface area contributed by atoms with Crippen LogP contribution < -0.4 is 4.72 Å². The van der Waals surface area contributed by atoms with E-state index in [0.717, 1.165) is 0 Å². The molecule has 0 saturated carbocycles. The van der Waals surface area contributed by atoms with Crippen LogP contribution >= 0.6 is 11.6 Å². The number of aromatic nitrogens is 2. The van der Waals surface area contributed by atoms with E-state index in [1.54, 1.807) is 12.1 Å². The van der Waals surface area contributed by atoms with Gasteiger partial charge in [0, 0.05) is 6.20 Å². The summed E-state index contributed by atoms with van der Waals surface area (Å²) in [6, 6.07) is 6.23. The number of hydrogen-bond donors (Lipinski definition) is 2. The maximum atomic E-state index is 11.9. The lowest BCUT2D eigenvalue weighted by atomic mass is 10.4. The van der Waals surface area contributed by atoms with E-state index >= 15 is 0 Å². The first-order valence-electron chi connectivity index (χ1n) is 4.36. The van der Waals surface area contributed by atoms with Crippen molar-refractivity contribution >= 4 is 27.3 Å². The maximum Gasteiger partial charge on any atom is 0.263 e. The fraction of sp³-hybridized carbons (Fsp3) is 0. The van der Waals surface area contributed by atoms with Crippen molar-refractivity contribution < 1.29 is 8.42 Å². The number of H-pyrrole nitrogens is 1. The highest BCUT2D eigenvalue weighted by atomic mass is 35.5. The Hall–Kier alpha value is -1.53. The van der Waals surface area contributed by atoms with E-state index in [1.165, 1.54) is 24.5 Å². The van der Waals surface area contributed by atoms with Gasteiger partial charge in [-0.25, -0.2) is 8.42 Å². The van der Waals surface area contributed by atoms with Gasteiger partial charge >= 0.3 is 0 Å². The van der Waals surface area contributed by atoms with Gasteiger partial charge in [0.2, 0.25) is 0 Å². The van der Waals surface area contributed by atoms with Crippen LogP contribution in [0.5, 0.6) is 0 Å². The number of rotatable bonds is 3. The molecule has 0 bridgehead atoms. The van der Waals surface area contributed by atoms with Crippen LogP contribution in [0.15, 0.2) is 41.6 Å². The van der Waals surface area contributed by atoms with Crippen LogP contribution in [0.1, 0.15) is 0 Å². The summed E-state index contributed by atoms with van der Waals surface area (Å²) in [4.78, 5) is 0.0397. The Morgan fingerprint density at radius 1 is 1.31 bits per heavy atom. The molecule has 0 saturated heterocycles. The third-order valence-corrected chi connectivity index (χ3v) is 3.76. The molecule has 1 aromatic heterocycles. The number of aromatic amines is 1. The summed E-state index contributed by atoms with van der Waals surface area (Å²) in [6.45, 7) is 0. The highest BCUT2D eigenvalue weighted by Gasteiger charge is 2.17. The molecule has 1 heterocycles. The molecule has 7 heteroatoms. The monoisotopic (exact) mass is 257 g/mol. The second-order valence-corrected chi connectivity index (χ2v) is 5.08. The first-order chi connectivity index (χ1) is 7.59. The smallest absolute Gasteiger partial charge is 0.263 e. The minimum absolute atomic E-state index is 0.0397. The summed E-state index contributed by atoms with van der Waals surface area (Å²) < 4.78 is 26.1. The van der Waals surface area contributed by atoms with Crippen molar-refractivity contribution in [2.75, 3.05) is 4.72 Å². The largest absolute Gasteiger partial charge is 0.284 e. The van der Waals surface area contributed by atoms with Gasteiger partial charge in [-0.15, -0.1) is 0 Å². The molecule has 0 radical (unpaired) electrons. The van der Waals surface area contributed by atoms with Crippen molar-refractivity contribution in [1.29, 1.82) is 0 Å². The second kappa shape index (κ2) is 4.15. The first-order valence-corrected chi connectivity index (χ1v) is 6.22. The molecule has 0 amide bonds. The normalized spacial score (nSPS) is 11.3. The second-order valence-electron chi connectivity index (χ2n) is 3.02. The van der Waals surface area contributed by atoms with Crippen LogP contribution in [-0.4, -0.2) is 18.6 Å². The number of nitrogens with one attached hydrogen (secondary N) is 2. The molecule has 0 aliphatic heterocycles. The fourth-order valence-electron chi connectivity index (χ4n) is 1.18. The van der Waals surface area contributed by atoms with Crippen molar-refractivity contribution in [2.45, 2.75) is 4.90 Å². The maximum absolute atomic E-state index is 11.9. The molecular weight excluding hydrogens is 250 g/mol. The Labute approximate surface area is 97.5 Å². The van der Waals surface area contributed by atoms with E-state index in [0.29, 0.717) is 5.69 Å². The number of benzene rings is 1. The molecule has 0 spiro atoms. The molecule has 0 aliphatic carbocycles. The average molecular weight is 258 g/mol. The van der Waals surface area contributed by atoms with Gasteiger partial charge in [-0.3, -0.25) is 9.82 Å². The Morgan fingerprint density at radius 2 is 2.06 bits per heavy atom. The van der Waals surface area contributed by atoms with E-state index in [4.69, 9.17) is 11.6 Å². The van der Waals surface area contributed by atoms with Crippen LogP contribution in [0.3, 0.4) is 0 Å². The molecule has 2 rings (SSSR count). The molecule has 0 unspecified atom stereocenters. The number of hydrogen-bond acceptors (Lipinski definition) is 3. The highest BCUT2D eigenvalue weighted by molar-refractivity contribution is 7.92. The van der Waals surface area contributed by atoms with Crippen molar-refractivity contribution in [3.8, 4) is 0 Å². The summed E-state index contributed by atoms with van der Waals surface area (Å²) in [7, 11) is -3.66. The minimum atomic E-state index is -3.66. The third kappa shape index (κ3) is 2.17. The van der Waals surface area contributed by atoms with Crippen molar-refractivity contribution in [1.82, 2.24) is 10.2 Å². The lowest BCUT2D eigenvalue weighted by Gasteiger charge is -2.06. The Kier molecular flexibility index (Phi) is 2.84. The molecule has 0 atom stereocenters. The van der Waals surface area contributed by atoms with Gasteiger partial charge < -0.3 is 0 Å². The van der Waals surface area contributed by atoms with Gasteiger partial charge in [-0.05, 0) is 12.1 Å². The quantitative estimate of drug-likeness (QED) is 0.881. The molecule has 16 heavy (non-hydrogen) atoms. The van der Waals surface area contributed by atoms with Crippen LogP contribution in [-0.2, 0) is 10.0 Å². The first kappa shape index (κ1) is 11.0. The van der Waals surface area contributed by atoms with Gasteiger partial charge in [0.05, 0.1) is 16.9 Å². The van der Waals surface area contributed by atoms with E-state index in [-0.39, 0.29) is 9.92 Å². The lowest BCUT2D eigenvalue weighted by molar-refractivity contribution is 0.601. The molecule has 2 aromatic rings. The summed E-state index contributed by atoms with van der Waals surface area (Å²) in [5, 5.41) is 6.33. The van der Waals surface area contributed by atoms with E-state index in [9.17, 15) is 8.42 Å². The van der Waals surface area contributed by atoms with Crippen LogP contribution in [0.4, 0.5) is 5.69 Å². The zero-order valence-corrected chi connectivity index (χ0v) is 9.59. The van der Waals surface area contributed by atoms with E-state index < -0.39 is 10.0 Å². The summed E-state index contributed by atoms with van der Waals surface area (Å²) >= 11 is 5.81. The van der Waals surface area contributed by atoms with Gasteiger partial charge in [-0.2, -0.15) is 5.10 Å². The molecule has 2 N–H and O–H groups in total. The average Bonchev–Trinajstić information content (AvgIpc) is 2.70. The zero-order valence-electron chi connectivity index (χ0n) is 8.01. The van der Waals surface area contributed by atoms with Crippen LogP contribution in [0, 0.1) is 0 Å². The Morgan fingerprint density at radius 3 is 2.69 bits per heavy atom. The van der Waals surface area contributed by atoms with Crippen molar-refractivity contribution in [2.24, 2.45) is 0 Å². The highest BCUT2D eigenvalue weighted by Crippen LogP contribution is 2.22. The van der Waals surface area contributed by atoms with Gasteiger partial charge in [0.15, 0.2) is 0 Å². The fourth-order valence-corrected chi connectivity index (χ4v) is 2.73. The van der Waals surface area contributed by atoms with Crippen LogP contribution in [0.2, 0.25) is 5.02 Å². The molecular formula is C9H8ClN3O2S. The Balaban J connectivity index is 2.37. The number of nitrogens with zero attached hydrogens (tertiary/aromatic N) is 1. The predicted molar refractivity (Wildman–Crippen MR) is 60.8 cm³/mol. The number of anilines is 1. The predicted octanol–water partition coefficient (Wildman–Crippen LogP) is 1.86. The summed E-state index contributed by atoms with van der Waals surface area (Å²) in [5.41, 5.74) is 0.361. The Bertz CT molecular complexity index is 581. The number of sulfonamides is 1. The zero-order chi connectivity index (χ0) is 11.6. The van der Waals surface area contributed by atoms with Gasteiger partial charge in [-0.1, -0.05) is 23.7 Å². The summed E-state index contributed by atoms with van der Waals surface area (Å²) in [5.74, 6) is 0. The topological polar surface area (TPSA) is 74.8 Å². The van der Waals surface area contributed by atoms with Gasteiger partial charge in [0.1, 0.15) is 4.90 Å². The van der Waals surface area contributed by atoms with E-state index in [1.807, 2.05) is 0 Å². The molecule has 5 nitrogen and oxygen atoms in total. The SMILES string of the molecule is O=S(=O)(Nc1cn[nH]c1)c1ccccc1Cl. The molecule has 0 aliphatic rings. The number of halogens is 1. The minimum Gasteiger partial charge on any atom is -0.284 e. The molecule has 84 valence electrons. The van der Waals surface area contributed by atoms with E-state index in [2.05, 4.69) is 14.9 Å². The summed E-state index contributed by atoms with van der Waals surface area (Å²) in [6.07, 6.45) is 2.81. The standard InChI is InChI=1S/C9H8ClN3O2S/c10-8-3-1-2-4-9(8)16(14,15)13-7-5-11-12-6-7/h1-6,13H,(H,11,12).